The van der Waals surface area contributed by atoms with Gasteiger partial charge in [0.05, 0.1) is 6.61 Å². The first-order chi connectivity index (χ1) is 10.1. The molecule has 21 heavy (non-hydrogen) atoms. The summed E-state index contributed by atoms with van der Waals surface area (Å²) in [7, 11) is 0. The van der Waals surface area contributed by atoms with Gasteiger partial charge in [0.1, 0.15) is 0 Å². The fraction of sp³-hybridized carbons (Fsp3) is 0.471. The Morgan fingerprint density at radius 3 is 2.86 bits per heavy atom. The van der Waals surface area contributed by atoms with Gasteiger partial charge in [0.15, 0.2) is 0 Å². The first-order valence-corrected chi connectivity index (χ1v) is 7.25. The van der Waals surface area contributed by atoms with Crippen LogP contribution in [-0.4, -0.2) is 47.3 Å². The number of hydrogen-bond acceptors (Lipinski definition) is 3. The van der Waals surface area contributed by atoms with Gasteiger partial charge in [-0.25, -0.2) is 0 Å². The lowest BCUT2D eigenvalue weighted by atomic mass is 10.1. The molecule has 1 atom stereocenters. The van der Waals surface area contributed by atoms with E-state index < -0.39 is 0 Å². The number of carbonyl (C=O) groups is 1. The first-order valence-electron chi connectivity index (χ1n) is 7.25. The number of aryl methyl sites for hydroxylation is 1. The van der Waals surface area contributed by atoms with E-state index in [1.54, 1.807) is 11.0 Å². The standard InChI is InChI=1S/C17H21NO3/c1-13-8-14(4-2-3-7-19)10-16(9-13)17(21)18-6-5-15(11-18)12-20/h8-10,15,19-20H,3,5-7,11-12H2,1H3. The van der Waals surface area contributed by atoms with Gasteiger partial charge in [-0.15, -0.1) is 0 Å². The van der Waals surface area contributed by atoms with Crippen LogP contribution in [0.25, 0.3) is 0 Å². The third-order valence-corrected chi connectivity index (χ3v) is 3.63. The molecular formula is C17H21NO3. The van der Waals surface area contributed by atoms with Crippen molar-refractivity contribution in [2.75, 3.05) is 26.3 Å². The fourth-order valence-corrected chi connectivity index (χ4v) is 2.55. The zero-order chi connectivity index (χ0) is 15.2. The van der Waals surface area contributed by atoms with Crippen LogP contribution < -0.4 is 0 Å². The molecule has 2 rings (SSSR count). The molecule has 0 saturated carbocycles. The summed E-state index contributed by atoms with van der Waals surface area (Å²) in [6.45, 7) is 3.43. The highest BCUT2D eigenvalue weighted by Crippen LogP contribution is 2.19. The smallest absolute Gasteiger partial charge is 0.253 e. The SMILES string of the molecule is Cc1cc(C#CCCO)cc(C(=O)N2CCC(CO)C2)c1. The van der Waals surface area contributed by atoms with Gasteiger partial charge in [-0.3, -0.25) is 4.79 Å². The Bertz CT molecular complexity index is 571. The van der Waals surface area contributed by atoms with Crippen LogP contribution in [0.5, 0.6) is 0 Å². The van der Waals surface area contributed by atoms with E-state index in [0.29, 0.717) is 25.1 Å². The van der Waals surface area contributed by atoms with Crippen molar-refractivity contribution in [3.63, 3.8) is 0 Å². The van der Waals surface area contributed by atoms with E-state index in [1.807, 2.05) is 19.1 Å². The fourth-order valence-electron chi connectivity index (χ4n) is 2.55. The summed E-state index contributed by atoms with van der Waals surface area (Å²) in [5.74, 6) is 6.04. The van der Waals surface area contributed by atoms with Gasteiger partial charge >= 0.3 is 0 Å². The summed E-state index contributed by atoms with van der Waals surface area (Å²) in [6.07, 6.45) is 1.29. The molecule has 0 aromatic heterocycles. The van der Waals surface area contributed by atoms with Crippen LogP contribution in [0, 0.1) is 24.7 Å². The summed E-state index contributed by atoms with van der Waals surface area (Å²) in [5, 5.41) is 17.9. The van der Waals surface area contributed by atoms with Crippen LogP contribution in [0.4, 0.5) is 0 Å². The van der Waals surface area contributed by atoms with Crippen molar-refractivity contribution < 1.29 is 15.0 Å². The van der Waals surface area contributed by atoms with Crippen molar-refractivity contribution in [2.45, 2.75) is 19.8 Å². The summed E-state index contributed by atoms with van der Waals surface area (Å²) in [5.41, 5.74) is 2.43. The minimum atomic E-state index is -0.000131. The molecule has 1 aliphatic rings. The van der Waals surface area contributed by atoms with Gasteiger partial charge < -0.3 is 15.1 Å². The van der Waals surface area contributed by atoms with Gasteiger partial charge in [0.25, 0.3) is 5.91 Å². The Morgan fingerprint density at radius 2 is 2.19 bits per heavy atom. The molecule has 1 heterocycles. The van der Waals surface area contributed by atoms with Crippen LogP contribution in [0.1, 0.15) is 34.3 Å². The third kappa shape index (κ3) is 4.07. The molecule has 4 nitrogen and oxygen atoms in total. The lowest BCUT2D eigenvalue weighted by Crippen LogP contribution is -2.29. The molecule has 1 amide bonds. The summed E-state index contributed by atoms with van der Waals surface area (Å²) in [6, 6.07) is 5.60. The lowest BCUT2D eigenvalue weighted by Gasteiger charge is -2.16. The molecule has 1 aromatic rings. The summed E-state index contributed by atoms with van der Waals surface area (Å²) in [4.78, 5) is 14.3. The van der Waals surface area contributed by atoms with E-state index in [1.165, 1.54) is 0 Å². The Morgan fingerprint density at radius 1 is 1.38 bits per heavy atom. The van der Waals surface area contributed by atoms with Crippen LogP contribution in [0.2, 0.25) is 0 Å². The maximum atomic E-state index is 12.5. The predicted molar refractivity (Wildman–Crippen MR) is 80.9 cm³/mol. The van der Waals surface area contributed by atoms with Gasteiger partial charge in [-0.05, 0) is 37.1 Å². The van der Waals surface area contributed by atoms with E-state index >= 15 is 0 Å². The number of likely N-dealkylation sites (tertiary alicyclic amines) is 1. The zero-order valence-corrected chi connectivity index (χ0v) is 12.3. The van der Waals surface area contributed by atoms with Gasteiger partial charge in [0.2, 0.25) is 0 Å². The maximum absolute atomic E-state index is 12.5. The number of nitrogens with zero attached hydrogens (tertiary/aromatic N) is 1. The highest BCUT2D eigenvalue weighted by Gasteiger charge is 2.26. The normalized spacial score (nSPS) is 17.5. The van der Waals surface area contributed by atoms with Crippen LogP contribution in [-0.2, 0) is 0 Å². The average molecular weight is 287 g/mol. The Kier molecular flexibility index (Phi) is 5.38. The molecule has 1 fully saturated rings. The molecule has 0 bridgehead atoms. The zero-order valence-electron chi connectivity index (χ0n) is 12.3. The van der Waals surface area contributed by atoms with Crippen molar-refractivity contribution in [2.24, 2.45) is 5.92 Å². The van der Waals surface area contributed by atoms with E-state index in [9.17, 15) is 4.79 Å². The number of benzene rings is 1. The highest BCUT2D eigenvalue weighted by atomic mass is 16.3. The summed E-state index contributed by atoms with van der Waals surface area (Å²) < 4.78 is 0. The van der Waals surface area contributed by atoms with Crippen molar-refractivity contribution >= 4 is 5.91 Å². The van der Waals surface area contributed by atoms with E-state index in [2.05, 4.69) is 11.8 Å². The van der Waals surface area contributed by atoms with E-state index in [0.717, 1.165) is 17.5 Å². The van der Waals surface area contributed by atoms with Crippen LogP contribution in [0.3, 0.4) is 0 Å². The average Bonchev–Trinajstić information content (AvgIpc) is 2.95. The maximum Gasteiger partial charge on any atom is 0.253 e. The quantitative estimate of drug-likeness (QED) is 0.821. The number of aliphatic hydroxyl groups excluding tert-OH is 2. The largest absolute Gasteiger partial charge is 0.396 e. The first kappa shape index (κ1) is 15.6. The number of carbonyl (C=O) groups excluding carboxylic acids is 1. The van der Waals surface area contributed by atoms with Crippen LogP contribution >= 0.6 is 0 Å². The predicted octanol–water partition coefficient (Wildman–Crippen LogP) is 1.18. The molecule has 0 radical (unpaired) electrons. The van der Waals surface area contributed by atoms with Gasteiger partial charge in [0, 0.05) is 43.2 Å². The third-order valence-electron chi connectivity index (χ3n) is 3.63. The van der Waals surface area contributed by atoms with Gasteiger partial charge in [-0.2, -0.15) is 0 Å². The number of aliphatic hydroxyl groups is 2. The minimum absolute atomic E-state index is 0.000131. The second-order valence-corrected chi connectivity index (χ2v) is 5.45. The molecule has 1 aromatic carbocycles. The van der Waals surface area contributed by atoms with Gasteiger partial charge in [-0.1, -0.05) is 11.8 Å². The molecule has 1 saturated heterocycles. The van der Waals surface area contributed by atoms with E-state index in [4.69, 9.17) is 10.2 Å². The Labute approximate surface area is 125 Å². The van der Waals surface area contributed by atoms with E-state index in [-0.39, 0.29) is 25.0 Å². The summed E-state index contributed by atoms with van der Waals surface area (Å²) >= 11 is 0. The highest BCUT2D eigenvalue weighted by molar-refractivity contribution is 5.95. The molecular weight excluding hydrogens is 266 g/mol. The van der Waals surface area contributed by atoms with Crippen molar-refractivity contribution in [1.82, 2.24) is 4.90 Å². The molecule has 112 valence electrons. The number of hydrogen-bond donors (Lipinski definition) is 2. The van der Waals surface area contributed by atoms with Crippen molar-refractivity contribution in [3.05, 3.63) is 34.9 Å². The molecule has 4 heteroatoms. The molecule has 0 aliphatic carbocycles. The second kappa shape index (κ2) is 7.26. The number of amides is 1. The monoisotopic (exact) mass is 287 g/mol. The van der Waals surface area contributed by atoms with Crippen molar-refractivity contribution in [1.29, 1.82) is 0 Å². The molecule has 1 aliphatic heterocycles. The Hall–Kier alpha value is -1.83. The number of rotatable bonds is 3. The molecule has 0 spiro atoms. The second-order valence-electron chi connectivity index (χ2n) is 5.45. The van der Waals surface area contributed by atoms with Crippen LogP contribution in [0.15, 0.2) is 18.2 Å². The minimum Gasteiger partial charge on any atom is -0.396 e. The molecule has 1 unspecified atom stereocenters. The topological polar surface area (TPSA) is 60.8 Å². The van der Waals surface area contributed by atoms with Crippen molar-refractivity contribution in [3.8, 4) is 11.8 Å². The molecule has 2 N–H and O–H groups in total. The Balaban J connectivity index is 2.16. The lowest BCUT2D eigenvalue weighted by molar-refractivity contribution is 0.0781.